The third-order valence-corrected chi connectivity index (χ3v) is 3.40. The molecule has 0 spiro atoms. The summed E-state index contributed by atoms with van der Waals surface area (Å²) in [5.41, 5.74) is 2.19. The van der Waals surface area contributed by atoms with Crippen molar-refractivity contribution in [1.82, 2.24) is 20.4 Å². The zero-order chi connectivity index (χ0) is 13.1. The first kappa shape index (κ1) is 13.0. The van der Waals surface area contributed by atoms with Gasteiger partial charge >= 0.3 is 0 Å². The standard InChI is InChI=1S/C13H20N4O/c1-9-6-12(10(2)16-15-9)13(18)17-5-4-11(8-17)7-14-3/h6,11,14H,4-5,7-8H2,1-3H3. The summed E-state index contributed by atoms with van der Waals surface area (Å²) in [5, 5.41) is 11.1. The van der Waals surface area contributed by atoms with Crippen LogP contribution in [0.4, 0.5) is 0 Å². The number of rotatable bonds is 3. The average Bonchev–Trinajstić information content (AvgIpc) is 2.80. The Bertz CT molecular complexity index is 447. The summed E-state index contributed by atoms with van der Waals surface area (Å²) in [7, 11) is 1.95. The van der Waals surface area contributed by atoms with E-state index in [2.05, 4.69) is 15.5 Å². The van der Waals surface area contributed by atoms with Gasteiger partial charge in [-0.15, -0.1) is 0 Å². The highest BCUT2D eigenvalue weighted by atomic mass is 16.2. The molecule has 1 aromatic heterocycles. The van der Waals surface area contributed by atoms with E-state index < -0.39 is 0 Å². The molecule has 1 amide bonds. The Morgan fingerprint density at radius 2 is 2.28 bits per heavy atom. The van der Waals surface area contributed by atoms with Gasteiger partial charge in [-0.1, -0.05) is 0 Å². The van der Waals surface area contributed by atoms with Gasteiger partial charge in [-0.3, -0.25) is 4.79 Å². The topological polar surface area (TPSA) is 58.1 Å². The lowest BCUT2D eigenvalue weighted by molar-refractivity contribution is 0.0785. The Morgan fingerprint density at radius 3 is 3.00 bits per heavy atom. The number of aryl methyl sites for hydroxylation is 2. The summed E-state index contributed by atoms with van der Waals surface area (Å²) >= 11 is 0. The highest BCUT2D eigenvalue weighted by molar-refractivity contribution is 5.95. The first-order valence-corrected chi connectivity index (χ1v) is 6.36. The number of hydrogen-bond acceptors (Lipinski definition) is 4. The fourth-order valence-corrected chi connectivity index (χ4v) is 2.41. The van der Waals surface area contributed by atoms with E-state index in [1.54, 1.807) is 0 Å². The van der Waals surface area contributed by atoms with Crippen LogP contribution in [-0.2, 0) is 0 Å². The van der Waals surface area contributed by atoms with E-state index in [0.29, 0.717) is 17.2 Å². The molecule has 1 fully saturated rings. The molecule has 18 heavy (non-hydrogen) atoms. The Labute approximate surface area is 108 Å². The van der Waals surface area contributed by atoms with Crippen molar-refractivity contribution in [1.29, 1.82) is 0 Å². The van der Waals surface area contributed by atoms with Crippen LogP contribution < -0.4 is 5.32 Å². The number of nitrogens with zero attached hydrogens (tertiary/aromatic N) is 3. The molecule has 2 heterocycles. The van der Waals surface area contributed by atoms with Crippen LogP contribution >= 0.6 is 0 Å². The van der Waals surface area contributed by atoms with Gasteiger partial charge < -0.3 is 10.2 Å². The molecule has 0 bridgehead atoms. The lowest BCUT2D eigenvalue weighted by Gasteiger charge is -2.17. The molecule has 1 aromatic rings. The van der Waals surface area contributed by atoms with E-state index in [9.17, 15) is 4.79 Å². The summed E-state index contributed by atoms with van der Waals surface area (Å²) in [6.07, 6.45) is 1.07. The molecule has 0 aliphatic carbocycles. The zero-order valence-electron chi connectivity index (χ0n) is 11.2. The van der Waals surface area contributed by atoms with E-state index in [4.69, 9.17) is 0 Å². The summed E-state index contributed by atoms with van der Waals surface area (Å²) in [5.74, 6) is 0.652. The van der Waals surface area contributed by atoms with Crippen molar-refractivity contribution in [3.63, 3.8) is 0 Å². The minimum Gasteiger partial charge on any atom is -0.338 e. The normalized spacial score (nSPS) is 19.3. The van der Waals surface area contributed by atoms with Gasteiger partial charge in [0.25, 0.3) is 5.91 Å². The maximum atomic E-state index is 12.4. The fourth-order valence-electron chi connectivity index (χ4n) is 2.41. The second kappa shape index (κ2) is 5.44. The van der Waals surface area contributed by atoms with Crippen LogP contribution in [0.2, 0.25) is 0 Å². The summed E-state index contributed by atoms with van der Waals surface area (Å²) < 4.78 is 0. The van der Waals surface area contributed by atoms with Gasteiger partial charge in [0.15, 0.2) is 0 Å². The predicted molar refractivity (Wildman–Crippen MR) is 69.4 cm³/mol. The number of hydrogen-bond donors (Lipinski definition) is 1. The molecule has 98 valence electrons. The molecule has 1 aliphatic heterocycles. The Balaban J connectivity index is 2.10. The van der Waals surface area contributed by atoms with Gasteiger partial charge in [0, 0.05) is 13.1 Å². The highest BCUT2D eigenvalue weighted by Crippen LogP contribution is 2.19. The maximum Gasteiger partial charge on any atom is 0.255 e. The van der Waals surface area contributed by atoms with Crippen molar-refractivity contribution in [2.75, 3.05) is 26.7 Å². The number of amides is 1. The summed E-state index contributed by atoms with van der Waals surface area (Å²) in [4.78, 5) is 14.3. The zero-order valence-corrected chi connectivity index (χ0v) is 11.2. The van der Waals surface area contributed by atoms with Crippen LogP contribution in [-0.4, -0.2) is 47.7 Å². The molecular weight excluding hydrogens is 228 g/mol. The van der Waals surface area contributed by atoms with Crippen LogP contribution in [0.3, 0.4) is 0 Å². The maximum absolute atomic E-state index is 12.4. The van der Waals surface area contributed by atoms with Crippen LogP contribution in [0.15, 0.2) is 6.07 Å². The molecule has 0 saturated carbocycles. The van der Waals surface area contributed by atoms with Gasteiger partial charge in [-0.2, -0.15) is 10.2 Å². The summed E-state index contributed by atoms with van der Waals surface area (Å²) in [6.45, 7) is 6.33. The van der Waals surface area contributed by atoms with Crippen molar-refractivity contribution in [2.24, 2.45) is 5.92 Å². The fraction of sp³-hybridized carbons (Fsp3) is 0.615. The molecule has 1 saturated heterocycles. The molecule has 0 aromatic carbocycles. The lowest BCUT2D eigenvalue weighted by Crippen LogP contribution is -2.31. The van der Waals surface area contributed by atoms with Gasteiger partial charge in [-0.05, 0) is 45.8 Å². The molecule has 1 atom stereocenters. The van der Waals surface area contributed by atoms with E-state index in [1.807, 2.05) is 31.9 Å². The third kappa shape index (κ3) is 2.67. The van der Waals surface area contributed by atoms with Crippen LogP contribution in [0, 0.1) is 19.8 Å². The lowest BCUT2D eigenvalue weighted by atomic mass is 10.1. The second-order valence-corrected chi connectivity index (χ2v) is 4.95. The minimum absolute atomic E-state index is 0.0871. The van der Waals surface area contributed by atoms with Crippen molar-refractivity contribution in [3.05, 3.63) is 23.0 Å². The van der Waals surface area contributed by atoms with Crippen LogP contribution in [0.25, 0.3) is 0 Å². The van der Waals surface area contributed by atoms with Gasteiger partial charge in [0.1, 0.15) is 0 Å². The minimum atomic E-state index is 0.0871. The molecular formula is C13H20N4O. The quantitative estimate of drug-likeness (QED) is 0.858. The third-order valence-electron chi connectivity index (χ3n) is 3.40. The molecule has 0 radical (unpaired) electrons. The predicted octanol–water partition coefficient (Wildman–Crippen LogP) is 0.775. The van der Waals surface area contributed by atoms with E-state index in [0.717, 1.165) is 31.7 Å². The highest BCUT2D eigenvalue weighted by Gasteiger charge is 2.27. The largest absolute Gasteiger partial charge is 0.338 e. The number of aromatic nitrogens is 2. The number of nitrogens with one attached hydrogen (secondary N) is 1. The number of carbonyl (C=O) groups excluding carboxylic acids is 1. The second-order valence-electron chi connectivity index (χ2n) is 4.95. The van der Waals surface area contributed by atoms with E-state index in [1.165, 1.54) is 0 Å². The van der Waals surface area contributed by atoms with Crippen molar-refractivity contribution in [3.8, 4) is 0 Å². The van der Waals surface area contributed by atoms with Gasteiger partial charge in [0.05, 0.1) is 17.0 Å². The first-order valence-electron chi connectivity index (χ1n) is 6.36. The van der Waals surface area contributed by atoms with E-state index in [-0.39, 0.29) is 5.91 Å². The molecule has 1 N–H and O–H groups in total. The monoisotopic (exact) mass is 248 g/mol. The van der Waals surface area contributed by atoms with Gasteiger partial charge in [0.2, 0.25) is 0 Å². The molecule has 5 heteroatoms. The first-order chi connectivity index (χ1) is 8.61. The Morgan fingerprint density at radius 1 is 1.50 bits per heavy atom. The van der Waals surface area contributed by atoms with Crippen molar-refractivity contribution >= 4 is 5.91 Å². The van der Waals surface area contributed by atoms with E-state index >= 15 is 0 Å². The van der Waals surface area contributed by atoms with Crippen LogP contribution in [0.1, 0.15) is 28.2 Å². The van der Waals surface area contributed by atoms with Crippen LogP contribution in [0.5, 0.6) is 0 Å². The number of likely N-dealkylation sites (tertiary alicyclic amines) is 1. The Hall–Kier alpha value is -1.49. The van der Waals surface area contributed by atoms with Gasteiger partial charge in [-0.25, -0.2) is 0 Å². The molecule has 2 rings (SSSR count). The molecule has 5 nitrogen and oxygen atoms in total. The Kier molecular flexibility index (Phi) is 3.91. The summed E-state index contributed by atoms with van der Waals surface area (Å²) in [6, 6.07) is 1.83. The molecule has 1 aliphatic rings. The smallest absolute Gasteiger partial charge is 0.255 e. The average molecular weight is 248 g/mol. The van der Waals surface area contributed by atoms with Crippen molar-refractivity contribution in [2.45, 2.75) is 20.3 Å². The number of carbonyl (C=O) groups is 1. The van der Waals surface area contributed by atoms with Crippen molar-refractivity contribution < 1.29 is 4.79 Å². The molecule has 1 unspecified atom stereocenters. The SMILES string of the molecule is CNCC1CCN(C(=O)c2cc(C)nnc2C)C1.